The second kappa shape index (κ2) is 7.51. The molecule has 2 aromatic carbocycles. The van der Waals surface area contributed by atoms with Crippen molar-refractivity contribution in [2.75, 3.05) is 6.54 Å². The zero-order valence-electron chi connectivity index (χ0n) is 15.2. The highest BCUT2D eigenvalue weighted by molar-refractivity contribution is 5.97. The largest absolute Gasteiger partial charge is 0.481 e. The van der Waals surface area contributed by atoms with E-state index in [1.54, 1.807) is 12.1 Å². The maximum atomic E-state index is 12.7. The molecule has 0 aliphatic rings. The topological polar surface area (TPSA) is 66.4 Å². The summed E-state index contributed by atoms with van der Waals surface area (Å²) >= 11 is 0. The third-order valence-electron chi connectivity index (χ3n) is 4.79. The number of benzene rings is 2. The van der Waals surface area contributed by atoms with Crippen LogP contribution >= 0.6 is 0 Å². The number of aryl methyl sites for hydroxylation is 3. The lowest BCUT2D eigenvalue weighted by atomic mass is 9.78. The molecule has 0 saturated carbocycles. The summed E-state index contributed by atoms with van der Waals surface area (Å²) in [6.45, 7) is 7.67. The van der Waals surface area contributed by atoms with Gasteiger partial charge in [-0.05, 0) is 43.9 Å². The van der Waals surface area contributed by atoms with E-state index >= 15 is 0 Å². The maximum Gasteiger partial charge on any atom is 0.315 e. The van der Waals surface area contributed by atoms with E-state index in [1.165, 1.54) is 0 Å². The van der Waals surface area contributed by atoms with Crippen LogP contribution < -0.4 is 5.32 Å². The molecule has 1 atom stereocenters. The number of hydrogen-bond acceptors (Lipinski definition) is 2. The third-order valence-corrected chi connectivity index (χ3v) is 4.79. The number of carbonyl (C=O) groups is 2. The number of carboxylic acids is 1. The van der Waals surface area contributed by atoms with Crippen LogP contribution in [0.3, 0.4) is 0 Å². The highest BCUT2D eigenvalue weighted by Crippen LogP contribution is 2.28. The van der Waals surface area contributed by atoms with Crippen LogP contribution in [0.15, 0.2) is 42.5 Å². The van der Waals surface area contributed by atoms with Crippen LogP contribution in [-0.4, -0.2) is 23.5 Å². The minimum Gasteiger partial charge on any atom is -0.481 e. The predicted octanol–water partition coefficient (Wildman–Crippen LogP) is 3.77. The molecule has 0 aliphatic carbocycles. The summed E-state index contributed by atoms with van der Waals surface area (Å²) in [4.78, 5) is 24.7. The Hall–Kier alpha value is -2.62. The maximum absolute atomic E-state index is 12.7. The minimum atomic E-state index is -1.14. The summed E-state index contributed by atoms with van der Waals surface area (Å²) in [5, 5.41) is 12.7. The molecule has 0 heterocycles. The van der Waals surface area contributed by atoms with Gasteiger partial charge in [0.2, 0.25) is 0 Å². The Balaban J connectivity index is 2.31. The number of carbonyl (C=O) groups excluding carboxylic acids is 1. The molecule has 25 heavy (non-hydrogen) atoms. The van der Waals surface area contributed by atoms with Crippen LogP contribution in [-0.2, 0) is 10.2 Å². The van der Waals surface area contributed by atoms with Crippen LogP contribution in [0, 0.1) is 20.8 Å². The van der Waals surface area contributed by atoms with Crippen molar-refractivity contribution in [2.24, 2.45) is 0 Å². The van der Waals surface area contributed by atoms with Crippen LogP contribution in [0.5, 0.6) is 0 Å². The molecule has 2 aromatic rings. The van der Waals surface area contributed by atoms with E-state index in [1.807, 2.05) is 58.0 Å². The number of carboxylic acid groups (broad SMARTS) is 1. The molecule has 0 radical (unpaired) electrons. The zero-order valence-corrected chi connectivity index (χ0v) is 15.2. The molecule has 4 heteroatoms. The Labute approximate surface area is 148 Å². The lowest BCUT2D eigenvalue weighted by molar-refractivity contribution is -0.143. The number of nitrogens with one attached hydrogen (secondary N) is 1. The van der Waals surface area contributed by atoms with Crippen LogP contribution in [0.2, 0.25) is 0 Å². The fourth-order valence-corrected chi connectivity index (χ4v) is 3.40. The molecule has 4 nitrogen and oxygen atoms in total. The molecule has 0 bridgehead atoms. The normalized spacial score (nSPS) is 13.1. The average Bonchev–Trinajstić information content (AvgIpc) is 2.55. The first-order valence-corrected chi connectivity index (χ1v) is 8.47. The molecule has 2 rings (SSSR count). The standard InChI is InChI=1S/C21H25NO3/c1-5-21(20(24)25,17-9-7-6-8-10-17)13-22-19(23)18-15(3)11-14(2)12-16(18)4/h6-12H,5,13H2,1-4H3,(H,22,23)(H,24,25). The van der Waals surface area contributed by atoms with Crippen molar-refractivity contribution < 1.29 is 14.7 Å². The van der Waals surface area contributed by atoms with Crippen LogP contribution in [0.1, 0.15) is 46.0 Å². The van der Waals surface area contributed by atoms with Crippen molar-refractivity contribution in [3.05, 3.63) is 70.3 Å². The lowest BCUT2D eigenvalue weighted by Crippen LogP contribution is -2.46. The Morgan fingerprint density at radius 1 is 1.04 bits per heavy atom. The van der Waals surface area contributed by atoms with Gasteiger partial charge < -0.3 is 10.4 Å². The molecule has 1 unspecified atom stereocenters. The van der Waals surface area contributed by atoms with Gasteiger partial charge in [0.25, 0.3) is 5.91 Å². The third kappa shape index (κ3) is 3.73. The number of aliphatic carboxylic acids is 1. The van der Waals surface area contributed by atoms with E-state index in [4.69, 9.17) is 0 Å². The van der Waals surface area contributed by atoms with Crippen molar-refractivity contribution in [1.82, 2.24) is 5.32 Å². The Morgan fingerprint density at radius 3 is 2.08 bits per heavy atom. The molecular weight excluding hydrogens is 314 g/mol. The van der Waals surface area contributed by atoms with Gasteiger partial charge >= 0.3 is 5.97 Å². The highest BCUT2D eigenvalue weighted by Gasteiger charge is 2.39. The van der Waals surface area contributed by atoms with Gasteiger partial charge in [-0.3, -0.25) is 9.59 Å². The van der Waals surface area contributed by atoms with Gasteiger partial charge in [-0.1, -0.05) is 55.0 Å². The smallest absolute Gasteiger partial charge is 0.315 e. The number of amides is 1. The van der Waals surface area contributed by atoms with Crippen molar-refractivity contribution in [2.45, 2.75) is 39.5 Å². The van der Waals surface area contributed by atoms with E-state index in [2.05, 4.69) is 5.32 Å². The van der Waals surface area contributed by atoms with E-state index < -0.39 is 11.4 Å². The Kier molecular flexibility index (Phi) is 5.62. The van der Waals surface area contributed by atoms with Gasteiger partial charge in [-0.2, -0.15) is 0 Å². The number of rotatable bonds is 6. The van der Waals surface area contributed by atoms with Crippen molar-refractivity contribution >= 4 is 11.9 Å². The second-order valence-corrected chi connectivity index (χ2v) is 6.56. The van der Waals surface area contributed by atoms with Crippen LogP contribution in [0.25, 0.3) is 0 Å². The predicted molar refractivity (Wildman–Crippen MR) is 99.0 cm³/mol. The average molecular weight is 339 g/mol. The minimum absolute atomic E-state index is 0.0500. The molecule has 1 amide bonds. The summed E-state index contributed by atoms with van der Waals surface area (Å²) < 4.78 is 0. The zero-order chi connectivity index (χ0) is 18.6. The van der Waals surface area contributed by atoms with Crippen molar-refractivity contribution in [1.29, 1.82) is 0 Å². The first-order chi connectivity index (χ1) is 11.8. The fourth-order valence-electron chi connectivity index (χ4n) is 3.40. The van der Waals surface area contributed by atoms with E-state index in [0.29, 0.717) is 17.5 Å². The molecule has 0 fully saturated rings. The summed E-state index contributed by atoms with van der Waals surface area (Å²) in [6, 6.07) is 13.0. The van der Waals surface area contributed by atoms with Gasteiger partial charge in [-0.15, -0.1) is 0 Å². The summed E-state index contributed by atoms with van der Waals surface area (Å²) in [7, 11) is 0. The van der Waals surface area contributed by atoms with Gasteiger partial charge in [0, 0.05) is 12.1 Å². The van der Waals surface area contributed by atoms with Gasteiger partial charge in [-0.25, -0.2) is 0 Å². The lowest BCUT2D eigenvalue weighted by Gasteiger charge is -2.29. The van der Waals surface area contributed by atoms with E-state index in [0.717, 1.165) is 16.7 Å². The van der Waals surface area contributed by atoms with Gasteiger partial charge in [0.05, 0.1) is 0 Å². The van der Waals surface area contributed by atoms with Crippen molar-refractivity contribution in [3.63, 3.8) is 0 Å². The number of hydrogen-bond donors (Lipinski definition) is 2. The first-order valence-electron chi connectivity index (χ1n) is 8.47. The summed E-state index contributed by atoms with van der Waals surface area (Å²) in [6.07, 6.45) is 0.387. The first kappa shape index (κ1) is 18.7. The van der Waals surface area contributed by atoms with E-state index in [9.17, 15) is 14.7 Å². The molecule has 2 N–H and O–H groups in total. The van der Waals surface area contributed by atoms with Gasteiger partial charge in [0.1, 0.15) is 5.41 Å². The van der Waals surface area contributed by atoms with Crippen LogP contribution in [0.4, 0.5) is 0 Å². The molecule has 0 aliphatic heterocycles. The molecular formula is C21H25NO3. The monoisotopic (exact) mass is 339 g/mol. The van der Waals surface area contributed by atoms with Crippen molar-refractivity contribution in [3.8, 4) is 0 Å². The Morgan fingerprint density at radius 2 is 1.60 bits per heavy atom. The Bertz CT molecular complexity index is 760. The SMILES string of the molecule is CCC(CNC(=O)c1c(C)cc(C)cc1C)(C(=O)O)c1ccccc1. The summed E-state index contributed by atoms with van der Waals surface area (Å²) in [5.41, 5.74) is 3.07. The summed E-state index contributed by atoms with van der Waals surface area (Å²) in [5.74, 6) is -1.16. The van der Waals surface area contributed by atoms with Gasteiger partial charge in [0.15, 0.2) is 0 Å². The highest BCUT2D eigenvalue weighted by atomic mass is 16.4. The molecule has 0 saturated heterocycles. The molecule has 0 aromatic heterocycles. The molecule has 0 spiro atoms. The van der Waals surface area contributed by atoms with E-state index in [-0.39, 0.29) is 12.5 Å². The quantitative estimate of drug-likeness (QED) is 0.842. The second-order valence-electron chi connectivity index (χ2n) is 6.56. The molecule has 132 valence electrons. The fraction of sp³-hybridized carbons (Fsp3) is 0.333.